The number of carbonyl (C=O) groups is 2. The maximum atomic E-state index is 12.6. The van der Waals surface area contributed by atoms with Crippen LogP contribution in [-0.2, 0) is 18.9 Å². The van der Waals surface area contributed by atoms with E-state index < -0.39 is 48.6 Å². The van der Waals surface area contributed by atoms with E-state index in [9.17, 15) is 9.59 Å². The number of amides is 4. The third-order valence-electron chi connectivity index (χ3n) is 5.54. The van der Waals surface area contributed by atoms with Crippen LogP contribution in [0, 0.1) is 0 Å². The molecule has 0 spiro atoms. The van der Waals surface area contributed by atoms with Crippen molar-refractivity contribution in [3.63, 3.8) is 0 Å². The molecular formula is C18H30N4O6. The van der Waals surface area contributed by atoms with E-state index in [1.54, 1.807) is 23.9 Å². The van der Waals surface area contributed by atoms with Crippen LogP contribution >= 0.6 is 0 Å². The quantitative estimate of drug-likeness (QED) is 0.663. The largest absolute Gasteiger partial charge is 0.324 e. The molecule has 0 bridgehead atoms. The fraction of sp³-hybridized carbons (Fsp3) is 0.889. The molecule has 0 aromatic rings. The highest BCUT2D eigenvalue weighted by Crippen LogP contribution is 2.42. The predicted octanol–water partition coefficient (Wildman–Crippen LogP) is 1.37. The molecule has 4 aliphatic rings. The summed E-state index contributed by atoms with van der Waals surface area (Å²) in [7, 11) is 3.38. The summed E-state index contributed by atoms with van der Waals surface area (Å²) in [5.74, 6) is 0. The zero-order valence-corrected chi connectivity index (χ0v) is 17.7. The summed E-state index contributed by atoms with van der Waals surface area (Å²) in [6.45, 7) is 11.7. The molecule has 4 amide bonds. The molecule has 28 heavy (non-hydrogen) atoms. The topological polar surface area (TPSA) is 84.0 Å². The van der Waals surface area contributed by atoms with Gasteiger partial charge in [-0.2, -0.15) is 0 Å². The number of hydrogen-bond acceptors (Lipinski definition) is 6. The average Bonchev–Trinajstić information content (AvgIpc) is 3.24. The van der Waals surface area contributed by atoms with Gasteiger partial charge in [0.05, 0.1) is 0 Å². The molecule has 0 unspecified atom stereocenters. The average molecular weight is 398 g/mol. The summed E-state index contributed by atoms with van der Waals surface area (Å²) < 4.78 is 24.1. The van der Waals surface area contributed by atoms with Crippen LogP contribution in [0.15, 0.2) is 0 Å². The molecule has 0 aromatic heterocycles. The van der Waals surface area contributed by atoms with Gasteiger partial charge < -0.3 is 18.9 Å². The highest BCUT2D eigenvalue weighted by molar-refractivity contribution is 5.78. The predicted molar refractivity (Wildman–Crippen MR) is 96.6 cm³/mol. The van der Waals surface area contributed by atoms with Gasteiger partial charge in [0.2, 0.25) is 12.6 Å². The fourth-order valence-electron chi connectivity index (χ4n) is 4.19. The van der Waals surface area contributed by atoms with Crippen molar-refractivity contribution in [3.8, 4) is 0 Å². The van der Waals surface area contributed by atoms with Crippen LogP contribution < -0.4 is 0 Å². The highest BCUT2D eigenvalue weighted by atomic mass is 16.8. The van der Waals surface area contributed by atoms with Crippen LogP contribution in [0.2, 0.25) is 0 Å². The van der Waals surface area contributed by atoms with Crippen molar-refractivity contribution in [2.24, 2.45) is 0 Å². The van der Waals surface area contributed by atoms with Crippen molar-refractivity contribution in [3.05, 3.63) is 0 Å². The monoisotopic (exact) mass is 398 g/mol. The number of hydrogen-bond donors (Lipinski definition) is 0. The second kappa shape index (κ2) is 5.94. The lowest BCUT2D eigenvalue weighted by Crippen LogP contribution is -2.50. The van der Waals surface area contributed by atoms with Crippen LogP contribution in [0.5, 0.6) is 0 Å². The molecule has 158 valence electrons. The maximum absolute atomic E-state index is 12.6. The van der Waals surface area contributed by atoms with Gasteiger partial charge in [-0.25, -0.2) is 9.59 Å². The molecule has 0 radical (unpaired) electrons. The standard InChI is InChI=1S/C18H30N4O6/c1-17(2,3)21-11-9(19(7)15(21)23)25-13(27-11)14-26-10-12(28-14)22(18(4,5)6)16(24)20(10)8/h9-14H,1-8H3/t9-,10+,11-,12+,13-,14+. The van der Waals surface area contributed by atoms with Crippen LogP contribution in [0.1, 0.15) is 41.5 Å². The Bertz CT molecular complexity index is 631. The van der Waals surface area contributed by atoms with Gasteiger partial charge in [0.1, 0.15) is 0 Å². The summed E-state index contributed by atoms with van der Waals surface area (Å²) in [5, 5.41) is 0. The van der Waals surface area contributed by atoms with Crippen molar-refractivity contribution in [2.45, 2.75) is 90.1 Å². The molecule has 6 atom stereocenters. The minimum Gasteiger partial charge on any atom is -0.319 e. The molecule has 0 N–H and O–H groups in total. The normalized spacial score (nSPS) is 38.7. The van der Waals surface area contributed by atoms with E-state index in [2.05, 4.69) is 0 Å². The number of fused-ring (bicyclic) bond motifs is 2. The lowest BCUT2D eigenvalue weighted by atomic mass is 10.1. The fourth-order valence-corrected chi connectivity index (χ4v) is 4.19. The minimum atomic E-state index is -0.800. The minimum absolute atomic E-state index is 0.143. The molecule has 10 nitrogen and oxygen atoms in total. The Morgan fingerprint density at radius 1 is 0.607 bits per heavy atom. The van der Waals surface area contributed by atoms with Crippen LogP contribution in [0.3, 0.4) is 0 Å². The lowest BCUT2D eigenvalue weighted by Gasteiger charge is -2.36. The SMILES string of the molecule is CN1C(=O)N(C(C)(C)C)[C@@H]2O[C@H]([C@H]3O[C@H]4[C@H](O3)N(C(C)(C)C)C(=O)N4C)O[C@H]21. The molecule has 4 fully saturated rings. The zero-order valence-electron chi connectivity index (χ0n) is 17.7. The van der Waals surface area contributed by atoms with Crippen molar-refractivity contribution >= 4 is 12.1 Å². The third-order valence-corrected chi connectivity index (χ3v) is 5.54. The van der Waals surface area contributed by atoms with Crippen LogP contribution in [0.4, 0.5) is 9.59 Å². The summed E-state index contributed by atoms with van der Waals surface area (Å²) in [6, 6.07) is -0.286. The first-order valence-electron chi connectivity index (χ1n) is 9.56. The van der Waals surface area contributed by atoms with E-state index >= 15 is 0 Å². The lowest BCUT2D eigenvalue weighted by molar-refractivity contribution is -0.245. The van der Waals surface area contributed by atoms with E-state index in [0.29, 0.717) is 0 Å². The summed E-state index contributed by atoms with van der Waals surface area (Å²) in [6.07, 6.45) is -3.77. The van der Waals surface area contributed by atoms with Crippen molar-refractivity contribution in [1.82, 2.24) is 19.6 Å². The van der Waals surface area contributed by atoms with E-state index in [0.717, 1.165) is 0 Å². The molecular weight excluding hydrogens is 368 g/mol. The molecule has 4 heterocycles. The number of ether oxygens (including phenoxy) is 4. The van der Waals surface area contributed by atoms with E-state index in [1.807, 2.05) is 41.5 Å². The molecule has 0 saturated carbocycles. The van der Waals surface area contributed by atoms with Gasteiger partial charge >= 0.3 is 12.1 Å². The molecule has 0 aromatic carbocycles. The highest BCUT2D eigenvalue weighted by Gasteiger charge is 2.61. The second-order valence-electron chi connectivity index (χ2n) is 9.71. The molecule has 10 heteroatoms. The number of carbonyl (C=O) groups excluding carboxylic acids is 2. The van der Waals surface area contributed by atoms with E-state index in [1.165, 1.54) is 9.80 Å². The van der Waals surface area contributed by atoms with Crippen molar-refractivity contribution in [2.75, 3.05) is 14.1 Å². The summed E-state index contributed by atoms with van der Waals surface area (Å²) in [4.78, 5) is 31.5. The van der Waals surface area contributed by atoms with E-state index in [4.69, 9.17) is 18.9 Å². The Morgan fingerprint density at radius 2 is 0.893 bits per heavy atom. The van der Waals surface area contributed by atoms with Crippen LogP contribution in [-0.4, -0.2) is 94.3 Å². The smallest absolute Gasteiger partial charge is 0.319 e. The van der Waals surface area contributed by atoms with Gasteiger partial charge in [0.25, 0.3) is 0 Å². The zero-order chi connectivity index (χ0) is 20.8. The summed E-state index contributed by atoms with van der Waals surface area (Å²) >= 11 is 0. The Labute approximate surface area is 165 Å². The first-order chi connectivity index (χ1) is 12.8. The Morgan fingerprint density at radius 3 is 1.18 bits per heavy atom. The number of urea groups is 2. The molecule has 0 aliphatic carbocycles. The van der Waals surface area contributed by atoms with Crippen molar-refractivity contribution in [1.29, 1.82) is 0 Å². The molecule has 4 rings (SSSR count). The first-order valence-corrected chi connectivity index (χ1v) is 9.56. The Hall–Kier alpha value is -1.62. The van der Waals surface area contributed by atoms with Gasteiger partial charge in [-0.05, 0) is 41.5 Å². The number of rotatable bonds is 1. The Kier molecular flexibility index (Phi) is 4.18. The summed E-state index contributed by atoms with van der Waals surface area (Å²) in [5.41, 5.74) is -0.848. The van der Waals surface area contributed by atoms with Gasteiger partial charge in [-0.1, -0.05) is 0 Å². The maximum Gasteiger partial charge on any atom is 0.324 e. The van der Waals surface area contributed by atoms with Gasteiger partial charge in [0, 0.05) is 25.2 Å². The van der Waals surface area contributed by atoms with Gasteiger partial charge in [-0.15, -0.1) is 0 Å². The third kappa shape index (κ3) is 2.69. The second-order valence-corrected chi connectivity index (χ2v) is 9.71. The van der Waals surface area contributed by atoms with Gasteiger partial charge in [-0.3, -0.25) is 19.6 Å². The van der Waals surface area contributed by atoms with E-state index in [-0.39, 0.29) is 12.1 Å². The van der Waals surface area contributed by atoms with Crippen LogP contribution in [0.25, 0.3) is 0 Å². The Balaban J connectivity index is 1.51. The number of likely N-dealkylation sites (N-methyl/N-ethyl adjacent to an activating group) is 2. The first kappa shape index (κ1) is 19.7. The molecule has 4 saturated heterocycles. The number of nitrogens with zero attached hydrogens (tertiary/aromatic N) is 4. The molecule has 4 aliphatic heterocycles. The van der Waals surface area contributed by atoms with Crippen molar-refractivity contribution < 1.29 is 28.5 Å². The van der Waals surface area contributed by atoms with Gasteiger partial charge in [0.15, 0.2) is 24.9 Å².